The number of nitrogens with zero attached hydrogens (tertiary/aromatic N) is 5. The summed E-state index contributed by atoms with van der Waals surface area (Å²) in [6.07, 6.45) is 5.29. The summed E-state index contributed by atoms with van der Waals surface area (Å²) in [5.74, 6) is 2.22. The maximum atomic E-state index is 5.37. The summed E-state index contributed by atoms with van der Waals surface area (Å²) >= 11 is 0. The number of imidazole rings is 1. The van der Waals surface area contributed by atoms with E-state index in [0.29, 0.717) is 18.4 Å². The van der Waals surface area contributed by atoms with Crippen LogP contribution in [0.2, 0.25) is 0 Å². The van der Waals surface area contributed by atoms with Gasteiger partial charge < -0.3 is 14.3 Å². The Labute approximate surface area is 151 Å². The van der Waals surface area contributed by atoms with Crippen molar-refractivity contribution >= 4 is 17.0 Å². The third kappa shape index (κ3) is 3.03. The molecule has 0 aromatic carbocycles. The summed E-state index contributed by atoms with van der Waals surface area (Å²) in [7, 11) is 0. The van der Waals surface area contributed by atoms with Crippen LogP contribution in [-0.4, -0.2) is 24.5 Å². The summed E-state index contributed by atoms with van der Waals surface area (Å²) in [4.78, 5) is 18.0. The van der Waals surface area contributed by atoms with Gasteiger partial charge in [-0.15, -0.1) is 0 Å². The Kier molecular flexibility index (Phi) is 4.12. The van der Waals surface area contributed by atoms with Crippen molar-refractivity contribution in [1.29, 1.82) is 0 Å². The van der Waals surface area contributed by atoms with Gasteiger partial charge in [0, 0.05) is 18.8 Å². The van der Waals surface area contributed by atoms with Gasteiger partial charge in [-0.05, 0) is 44.5 Å². The van der Waals surface area contributed by atoms with Crippen LogP contribution in [0.5, 0.6) is 0 Å². The molecule has 0 aliphatic rings. The van der Waals surface area contributed by atoms with Crippen molar-refractivity contribution in [3.05, 3.63) is 54.4 Å². The second kappa shape index (κ2) is 6.59. The highest BCUT2D eigenvalue weighted by molar-refractivity contribution is 5.83. The Bertz CT molecular complexity index is 1020. The number of aromatic nitrogens is 5. The number of hydrogen-bond donors (Lipinski definition) is 1. The molecular weight excluding hydrogens is 328 g/mol. The molecule has 26 heavy (non-hydrogen) atoms. The van der Waals surface area contributed by atoms with Gasteiger partial charge in [0.05, 0.1) is 12.6 Å². The molecule has 0 radical (unpaired) electrons. The molecule has 0 atom stereocenters. The first-order valence-corrected chi connectivity index (χ1v) is 8.55. The van der Waals surface area contributed by atoms with Crippen molar-refractivity contribution in [3.63, 3.8) is 0 Å². The summed E-state index contributed by atoms with van der Waals surface area (Å²) < 4.78 is 7.42. The predicted octanol–water partition coefficient (Wildman–Crippen LogP) is 3.98. The molecule has 1 N–H and O–H groups in total. The lowest BCUT2D eigenvalue weighted by Crippen LogP contribution is -2.06. The fourth-order valence-electron chi connectivity index (χ4n) is 2.81. The highest BCUT2D eigenvalue weighted by atomic mass is 16.3. The quantitative estimate of drug-likeness (QED) is 0.587. The lowest BCUT2D eigenvalue weighted by molar-refractivity contribution is 0.580. The van der Waals surface area contributed by atoms with Gasteiger partial charge in [-0.1, -0.05) is 6.07 Å². The first kappa shape index (κ1) is 16.3. The normalized spacial score (nSPS) is 11.4. The average Bonchev–Trinajstić information content (AvgIpc) is 3.29. The van der Waals surface area contributed by atoms with Crippen LogP contribution in [-0.2, 0) is 6.54 Å². The summed E-state index contributed by atoms with van der Waals surface area (Å²) in [6, 6.07) is 8.01. The first-order chi connectivity index (χ1) is 12.6. The van der Waals surface area contributed by atoms with Gasteiger partial charge in [0.2, 0.25) is 0 Å². The van der Waals surface area contributed by atoms with Crippen LogP contribution < -0.4 is 5.32 Å². The standard InChI is InChI=1S/C19H20N6O/c1-12(2)25-11-22-17-18(23-13(3)24-19(17)25)21-10-14-6-7-15(20-9-14)16-5-4-8-26-16/h4-9,11-12H,10H2,1-3H3,(H,21,23,24). The average molecular weight is 348 g/mol. The van der Waals surface area contributed by atoms with E-state index in [4.69, 9.17) is 4.42 Å². The zero-order valence-corrected chi connectivity index (χ0v) is 15.0. The highest BCUT2D eigenvalue weighted by Gasteiger charge is 2.13. The summed E-state index contributed by atoms with van der Waals surface area (Å²) in [6.45, 7) is 6.71. The Hall–Kier alpha value is -3.22. The summed E-state index contributed by atoms with van der Waals surface area (Å²) in [5, 5.41) is 3.36. The Morgan fingerprint density at radius 1 is 1.15 bits per heavy atom. The van der Waals surface area contributed by atoms with E-state index < -0.39 is 0 Å². The van der Waals surface area contributed by atoms with Gasteiger partial charge in [0.15, 0.2) is 17.2 Å². The molecule has 0 saturated carbocycles. The van der Waals surface area contributed by atoms with Crippen molar-refractivity contribution in [2.45, 2.75) is 33.4 Å². The molecule has 132 valence electrons. The number of furan rings is 1. The lowest BCUT2D eigenvalue weighted by Gasteiger charge is -2.10. The molecule has 0 fully saturated rings. The van der Waals surface area contributed by atoms with Gasteiger partial charge in [0.25, 0.3) is 0 Å². The molecule has 4 aromatic rings. The number of nitrogens with one attached hydrogen (secondary N) is 1. The van der Waals surface area contributed by atoms with Gasteiger partial charge in [-0.25, -0.2) is 15.0 Å². The van der Waals surface area contributed by atoms with Gasteiger partial charge >= 0.3 is 0 Å². The predicted molar refractivity (Wildman–Crippen MR) is 99.7 cm³/mol. The smallest absolute Gasteiger partial charge is 0.165 e. The van der Waals surface area contributed by atoms with E-state index in [0.717, 1.165) is 34.0 Å². The maximum absolute atomic E-state index is 5.37. The molecule has 0 bridgehead atoms. The van der Waals surface area contributed by atoms with Crippen LogP contribution in [0.15, 0.2) is 47.5 Å². The number of anilines is 1. The van der Waals surface area contributed by atoms with Gasteiger partial charge in [0.1, 0.15) is 17.0 Å². The number of pyridine rings is 1. The van der Waals surface area contributed by atoms with Gasteiger partial charge in [-0.3, -0.25) is 4.98 Å². The summed E-state index contributed by atoms with van der Waals surface area (Å²) in [5.41, 5.74) is 3.49. The van der Waals surface area contributed by atoms with Crippen molar-refractivity contribution < 1.29 is 4.42 Å². The third-order valence-electron chi connectivity index (χ3n) is 4.15. The Balaban J connectivity index is 1.56. The van der Waals surface area contributed by atoms with Crippen LogP contribution in [0.1, 0.15) is 31.3 Å². The van der Waals surface area contributed by atoms with Crippen LogP contribution in [0.25, 0.3) is 22.6 Å². The van der Waals surface area contributed by atoms with Crippen molar-refractivity contribution in [3.8, 4) is 11.5 Å². The van der Waals surface area contributed by atoms with E-state index in [9.17, 15) is 0 Å². The molecule has 0 spiro atoms. The zero-order chi connectivity index (χ0) is 18.1. The number of fused-ring (bicyclic) bond motifs is 1. The first-order valence-electron chi connectivity index (χ1n) is 8.55. The third-order valence-corrected chi connectivity index (χ3v) is 4.15. The minimum absolute atomic E-state index is 0.292. The molecule has 7 heteroatoms. The second-order valence-corrected chi connectivity index (χ2v) is 6.42. The molecule has 0 aliphatic heterocycles. The molecule has 7 nitrogen and oxygen atoms in total. The fourth-order valence-corrected chi connectivity index (χ4v) is 2.81. The monoisotopic (exact) mass is 348 g/mol. The molecule has 0 aliphatic carbocycles. The largest absolute Gasteiger partial charge is 0.463 e. The maximum Gasteiger partial charge on any atom is 0.165 e. The molecule has 4 heterocycles. The van der Waals surface area contributed by atoms with Crippen molar-refractivity contribution in [1.82, 2.24) is 24.5 Å². The van der Waals surface area contributed by atoms with Crippen LogP contribution in [0, 0.1) is 6.92 Å². The molecule has 0 unspecified atom stereocenters. The van der Waals surface area contributed by atoms with E-state index in [1.165, 1.54) is 0 Å². The minimum Gasteiger partial charge on any atom is -0.463 e. The minimum atomic E-state index is 0.292. The van der Waals surface area contributed by atoms with Gasteiger partial charge in [-0.2, -0.15) is 0 Å². The van der Waals surface area contributed by atoms with E-state index >= 15 is 0 Å². The molecule has 0 amide bonds. The van der Waals surface area contributed by atoms with E-state index in [1.54, 1.807) is 6.26 Å². The highest BCUT2D eigenvalue weighted by Crippen LogP contribution is 2.22. The van der Waals surface area contributed by atoms with Crippen LogP contribution in [0.3, 0.4) is 0 Å². The fraction of sp³-hybridized carbons (Fsp3) is 0.263. The number of rotatable bonds is 5. The molecule has 4 rings (SSSR count). The number of hydrogen-bond acceptors (Lipinski definition) is 6. The number of aryl methyl sites for hydroxylation is 1. The Morgan fingerprint density at radius 3 is 2.73 bits per heavy atom. The van der Waals surface area contributed by atoms with Crippen molar-refractivity contribution in [2.75, 3.05) is 5.32 Å². The molecule has 0 saturated heterocycles. The van der Waals surface area contributed by atoms with E-state index in [1.807, 2.05) is 43.7 Å². The zero-order valence-electron chi connectivity index (χ0n) is 15.0. The van der Waals surface area contributed by atoms with E-state index in [-0.39, 0.29) is 0 Å². The topological polar surface area (TPSA) is 81.7 Å². The SMILES string of the molecule is Cc1nc(NCc2ccc(-c3ccco3)nc2)c2ncn(C(C)C)c2n1. The van der Waals surface area contributed by atoms with Crippen LogP contribution >= 0.6 is 0 Å². The van der Waals surface area contributed by atoms with E-state index in [2.05, 4.69) is 43.7 Å². The lowest BCUT2D eigenvalue weighted by atomic mass is 10.2. The molecule has 4 aromatic heterocycles. The van der Waals surface area contributed by atoms with Crippen molar-refractivity contribution in [2.24, 2.45) is 0 Å². The second-order valence-electron chi connectivity index (χ2n) is 6.42. The Morgan fingerprint density at radius 2 is 2.04 bits per heavy atom. The van der Waals surface area contributed by atoms with Crippen LogP contribution in [0.4, 0.5) is 5.82 Å². The molecular formula is C19H20N6O.